The fourth-order valence-corrected chi connectivity index (χ4v) is 1.98. The van der Waals surface area contributed by atoms with Crippen LogP contribution < -0.4 is 16.4 Å². The van der Waals surface area contributed by atoms with Crippen LogP contribution in [0.3, 0.4) is 0 Å². The highest BCUT2D eigenvalue weighted by molar-refractivity contribution is 5.92. The lowest BCUT2D eigenvalue weighted by Crippen LogP contribution is -2.37. The summed E-state index contributed by atoms with van der Waals surface area (Å²) in [4.78, 5) is 23.0. The van der Waals surface area contributed by atoms with E-state index in [1.165, 1.54) is 0 Å². The number of rotatable bonds is 5. The van der Waals surface area contributed by atoms with Crippen molar-refractivity contribution in [2.45, 2.75) is 27.2 Å². The first-order chi connectivity index (χ1) is 9.69. The topological polar surface area (TPSA) is 104 Å². The summed E-state index contributed by atoms with van der Waals surface area (Å²) in [6.07, 6.45) is 0.482. The van der Waals surface area contributed by atoms with E-state index >= 15 is 0 Å². The number of nitrogens with one attached hydrogen (secondary N) is 2. The number of nitrogen functional groups attached to an aromatic ring is 1. The average molecular weight is 293 g/mol. The average Bonchev–Trinajstić information content (AvgIpc) is 2.35. The molecule has 1 aromatic rings. The molecule has 0 heterocycles. The fraction of sp³-hybridized carbons (Fsp3) is 0.467. The van der Waals surface area contributed by atoms with Crippen molar-refractivity contribution < 1.29 is 14.7 Å². The Kier molecular flexibility index (Phi) is 5.58. The number of nitrogens with two attached hydrogens (primary N) is 1. The van der Waals surface area contributed by atoms with Crippen LogP contribution in [0.15, 0.2) is 24.3 Å². The number of amides is 2. The van der Waals surface area contributed by atoms with Gasteiger partial charge in [-0.15, -0.1) is 0 Å². The van der Waals surface area contributed by atoms with Gasteiger partial charge in [-0.1, -0.05) is 32.9 Å². The van der Waals surface area contributed by atoms with Crippen LogP contribution >= 0.6 is 0 Å². The number of carboxylic acid groups (broad SMARTS) is 1. The first-order valence-corrected chi connectivity index (χ1v) is 6.81. The SMILES string of the molecule is CC(C)(C)CC(CNC(=O)Nc1ccccc1N)C(=O)O. The Morgan fingerprint density at radius 3 is 2.43 bits per heavy atom. The second-order valence-electron chi connectivity index (χ2n) is 6.22. The predicted molar refractivity (Wildman–Crippen MR) is 83.1 cm³/mol. The molecule has 0 saturated heterocycles. The highest BCUT2D eigenvalue weighted by Crippen LogP contribution is 2.24. The maximum atomic E-state index is 11.8. The van der Waals surface area contributed by atoms with Crippen LogP contribution in [0.1, 0.15) is 27.2 Å². The summed E-state index contributed by atoms with van der Waals surface area (Å²) >= 11 is 0. The predicted octanol–water partition coefficient (Wildman–Crippen LogP) is 2.53. The van der Waals surface area contributed by atoms with Gasteiger partial charge in [-0.2, -0.15) is 0 Å². The van der Waals surface area contributed by atoms with Gasteiger partial charge >= 0.3 is 12.0 Å². The van der Waals surface area contributed by atoms with E-state index < -0.39 is 17.9 Å². The van der Waals surface area contributed by atoms with Gasteiger partial charge in [0.2, 0.25) is 0 Å². The highest BCUT2D eigenvalue weighted by Gasteiger charge is 2.25. The minimum atomic E-state index is -0.913. The van der Waals surface area contributed by atoms with Gasteiger partial charge in [0.15, 0.2) is 0 Å². The van der Waals surface area contributed by atoms with Crippen molar-refractivity contribution >= 4 is 23.4 Å². The highest BCUT2D eigenvalue weighted by atomic mass is 16.4. The zero-order chi connectivity index (χ0) is 16.0. The largest absolute Gasteiger partial charge is 0.481 e. The van der Waals surface area contributed by atoms with Crippen molar-refractivity contribution in [3.63, 3.8) is 0 Å². The number of carboxylic acids is 1. The van der Waals surface area contributed by atoms with Crippen molar-refractivity contribution in [2.75, 3.05) is 17.6 Å². The van der Waals surface area contributed by atoms with Crippen LogP contribution in [-0.2, 0) is 4.79 Å². The summed E-state index contributed by atoms with van der Waals surface area (Å²) in [5, 5.41) is 14.4. The molecule has 0 aromatic heterocycles. The lowest BCUT2D eigenvalue weighted by molar-refractivity contribution is -0.142. The van der Waals surface area contributed by atoms with E-state index in [0.29, 0.717) is 17.8 Å². The van der Waals surface area contributed by atoms with Crippen LogP contribution in [0.2, 0.25) is 0 Å². The van der Waals surface area contributed by atoms with E-state index in [2.05, 4.69) is 10.6 Å². The van der Waals surface area contributed by atoms with Crippen LogP contribution in [0.4, 0.5) is 16.2 Å². The van der Waals surface area contributed by atoms with Crippen LogP contribution in [0.25, 0.3) is 0 Å². The molecular formula is C15H23N3O3. The number of benzene rings is 1. The molecule has 21 heavy (non-hydrogen) atoms. The van der Waals surface area contributed by atoms with E-state index in [1.54, 1.807) is 24.3 Å². The number of hydrogen-bond donors (Lipinski definition) is 4. The Bertz CT molecular complexity index is 509. The molecule has 6 nitrogen and oxygen atoms in total. The van der Waals surface area contributed by atoms with Crippen molar-refractivity contribution in [1.29, 1.82) is 0 Å². The van der Waals surface area contributed by atoms with Crippen LogP contribution in [-0.4, -0.2) is 23.7 Å². The molecule has 0 radical (unpaired) electrons. The molecule has 1 atom stereocenters. The Morgan fingerprint density at radius 2 is 1.90 bits per heavy atom. The van der Waals surface area contributed by atoms with Gasteiger partial charge in [0, 0.05) is 6.54 Å². The van der Waals surface area contributed by atoms with E-state index in [0.717, 1.165) is 0 Å². The molecule has 0 spiro atoms. The number of urea groups is 1. The summed E-state index contributed by atoms with van der Waals surface area (Å²) < 4.78 is 0. The van der Waals surface area contributed by atoms with Gasteiger partial charge in [-0.3, -0.25) is 4.79 Å². The lowest BCUT2D eigenvalue weighted by Gasteiger charge is -2.23. The Balaban J connectivity index is 2.54. The standard InChI is InChI=1S/C15H23N3O3/c1-15(2,3)8-10(13(19)20)9-17-14(21)18-12-7-5-4-6-11(12)16/h4-7,10H,8-9,16H2,1-3H3,(H,19,20)(H2,17,18,21). The first-order valence-electron chi connectivity index (χ1n) is 6.81. The maximum absolute atomic E-state index is 11.8. The van der Waals surface area contributed by atoms with E-state index in [9.17, 15) is 14.7 Å². The van der Waals surface area contributed by atoms with Gasteiger partial charge < -0.3 is 21.5 Å². The summed E-state index contributed by atoms with van der Waals surface area (Å²) in [5.74, 6) is -1.53. The number of carbonyl (C=O) groups is 2. The Morgan fingerprint density at radius 1 is 1.29 bits per heavy atom. The summed E-state index contributed by atoms with van der Waals surface area (Å²) in [5.41, 5.74) is 6.55. The second kappa shape index (κ2) is 6.97. The minimum Gasteiger partial charge on any atom is -0.481 e. The van der Waals surface area contributed by atoms with Crippen molar-refractivity contribution in [1.82, 2.24) is 5.32 Å². The first kappa shape index (κ1) is 16.8. The third kappa shape index (κ3) is 6.16. The molecule has 0 aliphatic carbocycles. The number of aliphatic carboxylic acids is 1. The van der Waals surface area contributed by atoms with E-state index in [-0.39, 0.29) is 12.0 Å². The molecular weight excluding hydrogens is 270 g/mol. The summed E-state index contributed by atoms with van der Waals surface area (Å²) in [7, 11) is 0. The quantitative estimate of drug-likeness (QED) is 0.626. The normalized spacial score (nSPS) is 12.5. The van der Waals surface area contributed by atoms with Gasteiger partial charge in [-0.05, 0) is 24.0 Å². The number of hydrogen-bond acceptors (Lipinski definition) is 3. The third-order valence-electron chi connectivity index (χ3n) is 2.93. The number of carbonyl (C=O) groups excluding carboxylic acids is 1. The van der Waals surface area contributed by atoms with Crippen LogP contribution in [0.5, 0.6) is 0 Å². The third-order valence-corrected chi connectivity index (χ3v) is 2.93. The lowest BCUT2D eigenvalue weighted by atomic mass is 9.84. The second-order valence-corrected chi connectivity index (χ2v) is 6.22. The maximum Gasteiger partial charge on any atom is 0.319 e. The summed E-state index contributed by atoms with van der Waals surface area (Å²) in [6.45, 7) is 5.97. The summed E-state index contributed by atoms with van der Waals surface area (Å²) in [6, 6.07) is 6.41. The van der Waals surface area contributed by atoms with Crippen molar-refractivity contribution in [3.05, 3.63) is 24.3 Å². The Hall–Kier alpha value is -2.24. The molecule has 1 unspecified atom stereocenters. The van der Waals surface area contributed by atoms with Gasteiger partial charge in [0.05, 0.1) is 17.3 Å². The monoisotopic (exact) mass is 293 g/mol. The zero-order valence-electron chi connectivity index (χ0n) is 12.6. The van der Waals surface area contributed by atoms with E-state index in [4.69, 9.17) is 5.73 Å². The van der Waals surface area contributed by atoms with Crippen molar-refractivity contribution in [3.8, 4) is 0 Å². The van der Waals surface area contributed by atoms with Crippen molar-refractivity contribution in [2.24, 2.45) is 11.3 Å². The molecule has 5 N–H and O–H groups in total. The minimum absolute atomic E-state index is 0.0746. The number of para-hydroxylation sites is 2. The molecule has 1 aromatic carbocycles. The molecule has 2 amide bonds. The smallest absolute Gasteiger partial charge is 0.319 e. The number of anilines is 2. The molecule has 1 rings (SSSR count). The fourth-order valence-electron chi connectivity index (χ4n) is 1.98. The Labute approximate surface area is 124 Å². The van der Waals surface area contributed by atoms with Crippen LogP contribution in [0, 0.1) is 11.3 Å². The molecule has 0 bridgehead atoms. The molecule has 116 valence electrons. The molecule has 0 fully saturated rings. The molecule has 0 aliphatic heterocycles. The van der Waals surface area contributed by atoms with E-state index in [1.807, 2.05) is 20.8 Å². The molecule has 6 heteroatoms. The van der Waals surface area contributed by atoms with Gasteiger partial charge in [0.25, 0.3) is 0 Å². The molecule has 0 aliphatic rings. The molecule has 0 saturated carbocycles. The van der Waals surface area contributed by atoms with Gasteiger partial charge in [0.1, 0.15) is 0 Å². The van der Waals surface area contributed by atoms with Gasteiger partial charge in [-0.25, -0.2) is 4.79 Å². The zero-order valence-corrected chi connectivity index (χ0v) is 12.6.